The fraction of sp³-hybridized carbons (Fsp3) is 0.0968. The average molecular weight is 524 g/mol. The third-order valence-electron chi connectivity index (χ3n) is 6.66. The van der Waals surface area contributed by atoms with Crippen molar-refractivity contribution in [3.63, 3.8) is 0 Å². The Bertz CT molecular complexity index is 1770. The molecule has 6 nitrogen and oxygen atoms in total. The quantitative estimate of drug-likeness (QED) is 0.234. The highest BCUT2D eigenvalue weighted by Gasteiger charge is 2.28. The third-order valence-corrected chi connectivity index (χ3v) is 7.32. The molecule has 1 N–H and O–H groups in total. The molecule has 0 amide bonds. The fourth-order valence-corrected chi connectivity index (χ4v) is 5.55. The van der Waals surface area contributed by atoms with Gasteiger partial charge in [-0.1, -0.05) is 72.8 Å². The minimum atomic E-state index is -4.32. The molecule has 190 valence electrons. The summed E-state index contributed by atoms with van der Waals surface area (Å²) in [6.45, 7) is 2.65. The summed E-state index contributed by atoms with van der Waals surface area (Å²) in [5.41, 5.74) is 5.91. The first-order chi connectivity index (χ1) is 18.4. The predicted octanol–water partition coefficient (Wildman–Crippen LogP) is 7.37. The summed E-state index contributed by atoms with van der Waals surface area (Å²) >= 11 is 0. The van der Waals surface area contributed by atoms with E-state index >= 15 is 0 Å². The van der Waals surface area contributed by atoms with Gasteiger partial charge in [-0.05, 0) is 53.4 Å². The van der Waals surface area contributed by atoms with E-state index in [9.17, 15) is 13.0 Å². The highest BCUT2D eigenvalue weighted by Crippen LogP contribution is 2.43. The molecule has 0 aliphatic carbocycles. The van der Waals surface area contributed by atoms with E-state index in [1.54, 1.807) is 6.08 Å². The lowest BCUT2D eigenvalue weighted by molar-refractivity contribution is 0.443. The van der Waals surface area contributed by atoms with Crippen molar-refractivity contribution in [2.45, 2.75) is 12.7 Å². The van der Waals surface area contributed by atoms with Crippen LogP contribution < -0.4 is 9.64 Å². The summed E-state index contributed by atoms with van der Waals surface area (Å²) < 4.78 is 46.1. The van der Waals surface area contributed by atoms with Gasteiger partial charge >= 0.3 is 0 Å². The van der Waals surface area contributed by atoms with Gasteiger partial charge in [-0.2, -0.15) is 8.42 Å². The first-order valence-corrected chi connectivity index (χ1v) is 13.9. The Morgan fingerprint density at radius 3 is 2.08 bits per heavy atom. The second-order valence-electron chi connectivity index (χ2n) is 9.13. The normalized spacial score (nSPS) is 14.2. The molecule has 0 fully saturated rings. The van der Waals surface area contributed by atoms with E-state index in [2.05, 4.69) is 18.2 Å². The molecule has 1 aromatic heterocycles. The number of hydrogen-bond donors (Lipinski definition) is 1. The molecular formula is C31H25NO5S. The SMILES string of the molecule is CCN1C(=Cc2oc3ccc(-c4ccccc4)cc3c2CS(=O)(=O)O)Oc2ccc(-c3ccccc3)cc21. The van der Waals surface area contributed by atoms with Gasteiger partial charge in [-0.25, -0.2) is 0 Å². The smallest absolute Gasteiger partial charge is 0.269 e. The molecule has 38 heavy (non-hydrogen) atoms. The van der Waals surface area contributed by atoms with Crippen LogP contribution in [0.3, 0.4) is 0 Å². The van der Waals surface area contributed by atoms with E-state index in [1.165, 1.54) is 0 Å². The molecule has 0 radical (unpaired) electrons. The van der Waals surface area contributed by atoms with Gasteiger partial charge in [0.05, 0.1) is 5.69 Å². The molecular weight excluding hydrogens is 498 g/mol. The average Bonchev–Trinajstić information content (AvgIpc) is 3.44. The number of ether oxygens (including phenoxy) is 1. The van der Waals surface area contributed by atoms with Crippen LogP contribution in [-0.2, 0) is 15.9 Å². The Balaban J connectivity index is 1.44. The second kappa shape index (κ2) is 9.52. The lowest BCUT2D eigenvalue weighted by Gasteiger charge is -2.16. The lowest BCUT2D eigenvalue weighted by atomic mass is 10.0. The number of furan rings is 1. The van der Waals surface area contributed by atoms with Gasteiger partial charge in [0.2, 0.25) is 5.88 Å². The van der Waals surface area contributed by atoms with Gasteiger partial charge in [0.15, 0.2) is 5.75 Å². The Hall–Kier alpha value is -4.33. The van der Waals surface area contributed by atoms with E-state index in [0.717, 1.165) is 27.9 Å². The zero-order chi connectivity index (χ0) is 26.3. The zero-order valence-electron chi connectivity index (χ0n) is 20.7. The van der Waals surface area contributed by atoms with Crippen molar-refractivity contribution in [2.75, 3.05) is 11.4 Å². The number of nitrogens with zero attached hydrogens (tertiary/aromatic N) is 1. The molecule has 2 heterocycles. The Morgan fingerprint density at radius 1 is 0.816 bits per heavy atom. The first-order valence-electron chi connectivity index (χ1n) is 12.3. The van der Waals surface area contributed by atoms with Crippen molar-refractivity contribution in [2.24, 2.45) is 0 Å². The summed E-state index contributed by atoms with van der Waals surface area (Å²) in [6.07, 6.45) is 1.70. The molecule has 4 aromatic carbocycles. The standard InChI is InChI=1S/C31H25NO5S/c1-2-32-27-18-24(22-11-7-4-8-12-22)14-16-29(27)37-31(32)19-30-26(20-38(33,34)35)25-17-23(13-15-28(25)36-30)21-9-5-3-6-10-21/h3-19H,2,20H2,1H3,(H,33,34,35). The van der Waals surface area contributed by atoms with Crippen molar-refractivity contribution in [1.82, 2.24) is 0 Å². The molecule has 0 unspecified atom stereocenters. The van der Waals surface area contributed by atoms with E-state index in [4.69, 9.17) is 9.15 Å². The van der Waals surface area contributed by atoms with E-state index in [0.29, 0.717) is 40.5 Å². The Morgan fingerprint density at radius 2 is 1.45 bits per heavy atom. The van der Waals surface area contributed by atoms with Crippen LogP contribution in [0, 0.1) is 0 Å². The molecule has 0 spiro atoms. The summed E-state index contributed by atoms with van der Waals surface area (Å²) in [5, 5.41) is 0.626. The van der Waals surface area contributed by atoms with Crippen molar-refractivity contribution < 1.29 is 22.1 Å². The van der Waals surface area contributed by atoms with Crippen molar-refractivity contribution in [1.29, 1.82) is 0 Å². The molecule has 6 rings (SSSR count). The maximum Gasteiger partial charge on any atom is 0.269 e. The van der Waals surface area contributed by atoms with Crippen molar-refractivity contribution >= 4 is 32.9 Å². The van der Waals surface area contributed by atoms with Crippen molar-refractivity contribution in [3.05, 3.63) is 114 Å². The van der Waals surface area contributed by atoms with Crippen LogP contribution in [0.1, 0.15) is 18.2 Å². The highest BCUT2D eigenvalue weighted by atomic mass is 32.2. The Labute approximate surface area is 221 Å². The number of benzene rings is 4. The van der Waals surface area contributed by atoms with Crippen LogP contribution >= 0.6 is 0 Å². The molecule has 0 saturated heterocycles. The molecule has 1 aliphatic rings. The number of anilines is 1. The minimum absolute atomic E-state index is 0.326. The zero-order valence-corrected chi connectivity index (χ0v) is 21.5. The first kappa shape index (κ1) is 24.0. The van der Waals surface area contributed by atoms with Gasteiger partial charge in [0, 0.05) is 23.6 Å². The van der Waals surface area contributed by atoms with Gasteiger partial charge in [-0.3, -0.25) is 4.55 Å². The monoisotopic (exact) mass is 523 g/mol. The van der Waals surface area contributed by atoms with Gasteiger partial charge in [0.1, 0.15) is 17.1 Å². The molecule has 0 bridgehead atoms. The van der Waals surface area contributed by atoms with Gasteiger partial charge < -0.3 is 14.1 Å². The summed E-state index contributed by atoms with van der Waals surface area (Å²) in [4.78, 5) is 2.02. The van der Waals surface area contributed by atoms with Crippen LogP contribution in [0.5, 0.6) is 5.75 Å². The number of fused-ring (bicyclic) bond motifs is 2. The number of hydrogen-bond acceptors (Lipinski definition) is 5. The molecule has 5 aromatic rings. The van der Waals surface area contributed by atoms with Crippen LogP contribution in [-0.4, -0.2) is 19.5 Å². The topological polar surface area (TPSA) is 80.0 Å². The van der Waals surface area contributed by atoms with Crippen LogP contribution in [0.4, 0.5) is 5.69 Å². The van der Waals surface area contributed by atoms with Crippen LogP contribution in [0.15, 0.2) is 107 Å². The maximum absolute atomic E-state index is 12.0. The number of rotatable bonds is 6. The van der Waals surface area contributed by atoms with Gasteiger partial charge in [-0.15, -0.1) is 0 Å². The second-order valence-corrected chi connectivity index (χ2v) is 10.6. The molecule has 0 saturated carbocycles. The van der Waals surface area contributed by atoms with Crippen LogP contribution in [0.25, 0.3) is 39.3 Å². The molecule has 1 aliphatic heterocycles. The van der Waals surface area contributed by atoms with Crippen LogP contribution in [0.2, 0.25) is 0 Å². The van der Waals surface area contributed by atoms with E-state index in [-0.39, 0.29) is 0 Å². The predicted molar refractivity (Wildman–Crippen MR) is 150 cm³/mol. The minimum Gasteiger partial charge on any atom is -0.456 e. The fourth-order valence-electron chi connectivity index (χ4n) is 4.88. The summed E-state index contributed by atoms with van der Waals surface area (Å²) in [5.74, 6) is 0.977. The van der Waals surface area contributed by atoms with E-state index < -0.39 is 15.9 Å². The lowest BCUT2D eigenvalue weighted by Crippen LogP contribution is -2.19. The molecule has 0 atom stereocenters. The molecule has 7 heteroatoms. The highest BCUT2D eigenvalue weighted by molar-refractivity contribution is 7.85. The summed E-state index contributed by atoms with van der Waals surface area (Å²) in [7, 11) is -4.32. The largest absolute Gasteiger partial charge is 0.456 e. The Kier molecular flexibility index (Phi) is 6.02. The maximum atomic E-state index is 12.0. The third kappa shape index (κ3) is 4.58. The summed E-state index contributed by atoms with van der Waals surface area (Å²) in [6, 6.07) is 31.6. The van der Waals surface area contributed by atoms with Crippen molar-refractivity contribution in [3.8, 4) is 28.0 Å². The van der Waals surface area contributed by atoms with Gasteiger partial charge in [0.25, 0.3) is 10.1 Å². The van der Waals surface area contributed by atoms with E-state index in [1.807, 2.05) is 90.7 Å².